The van der Waals surface area contributed by atoms with E-state index in [1.165, 1.54) is 12.1 Å². The zero-order chi connectivity index (χ0) is 23.2. The molecule has 0 aliphatic heterocycles. The Morgan fingerprint density at radius 2 is 1.87 bits per heavy atom. The Balaban J connectivity index is 1.79. The molecule has 0 saturated heterocycles. The lowest BCUT2D eigenvalue weighted by molar-refractivity contribution is -0.329. The molecule has 2 saturated carbocycles. The molecule has 4 unspecified atom stereocenters. The lowest BCUT2D eigenvalue weighted by Crippen LogP contribution is -2.64. The molecule has 0 bridgehead atoms. The van der Waals surface area contributed by atoms with Crippen molar-refractivity contribution in [2.75, 3.05) is 0 Å². The molecule has 1 aromatic heterocycles. The van der Waals surface area contributed by atoms with Gasteiger partial charge in [0, 0.05) is 6.20 Å². The zero-order valence-corrected chi connectivity index (χ0v) is 16.4. The van der Waals surface area contributed by atoms with Crippen molar-refractivity contribution in [3.05, 3.63) is 29.0 Å². The molecule has 1 amide bonds. The molecular formula is C18H17ClF8N2O2. The van der Waals surface area contributed by atoms with Crippen LogP contribution in [0.25, 0.3) is 0 Å². The summed E-state index contributed by atoms with van der Waals surface area (Å²) in [4.78, 5) is 16.0. The van der Waals surface area contributed by atoms with E-state index in [4.69, 9.17) is 11.6 Å². The Morgan fingerprint density at radius 1 is 1.19 bits per heavy atom. The van der Waals surface area contributed by atoms with E-state index in [1.54, 1.807) is 0 Å². The summed E-state index contributed by atoms with van der Waals surface area (Å²) in [6.45, 7) is 0. The molecule has 1 heterocycles. The van der Waals surface area contributed by atoms with Gasteiger partial charge in [-0.1, -0.05) is 11.6 Å². The fourth-order valence-electron chi connectivity index (χ4n) is 3.84. The second kappa shape index (κ2) is 8.25. The van der Waals surface area contributed by atoms with Crippen LogP contribution in [0.3, 0.4) is 0 Å². The first-order chi connectivity index (χ1) is 14.2. The Kier molecular flexibility index (Phi) is 6.34. The average Bonchev–Trinajstić information content (AvgIpc) is 2.65. The number of nitrogens with zero attached hydrogens (tertiary/aromatic N) is 1. The molecule has 2 fully saturated rings. The number of nitrogens with one attached hydrogen (secondary N) is 1. The second-order valence-corrected chi connectivity index (χ2v) is 8.19. The molecule has 5 atom stereocenters. The largest absolute Gasteiger partial charge is 0.439 e. The van der Waals surface area contributed by atoms with Crippen LogP contribution in [0.15, 0.2) is 18.3 Å². The third-order valence-electron chi connectivity index (χ3n) is 5.55. The molecule has 4 nitrogen and oxygen atoms in total. The number of pyridine rings is 1. The van der Waals surface area contributed by atoms with Gasteiger partial charge in [-0.05, 0) is 37.3 Å². The highest BCUT2D eigenvalue weighted by atomic mass is 35.5. The summed E-state index contributed by atoms with van der Waals surface area (Å²) in [7, 11) is 0. The number of aromatic nitrogens is 1. The van der Waals surface area contributed by atoms with Gasteiger partial charge in [-0.2, -0.15) is 30.7 Å². The third-order valence-corrected chi connectivity index (χ3v) is 5.77. The number of carbonyl (C=O) groups is 1. The molecule has 2 aliphatic carbocycles. The highest BCUT2D eigenvalue weighted by Gasteiger charge is 2.74. The summed E-state index contributed by atoms with van der Waals surface area (Å²) in [5, 5.41) is 2.27. The van der Waals surface area contributed by atoms with Gasteiger partial charge in [0.05, 0.1) is 29.1 Å². The lowest BCUT2D eigenvalue weighted by atomic mass is 9.75. The van der Waals surface area contributed by atoms with Crippen LogP contribution in [0.5, 0.6) is 0 Å². The van der Waals surface area contributed by atoms with Gasteiger partial charge in [0.2, 0.25) is 0 Å². The molecule has 2 aliphatic rings. The van der Waals surface area contributed by atoms with Crippen molar-refractivity contribution >= 4 is 17.7 Å². The molecule has 0 radical (unpaired) electrons. The Bertz CT molecular complexity index is 805. The number of ether oxygens (including phenoxy) is 1. The first kappa shape index (κ1) is 23.8. The number of alkyl carbamates (subject to hydrolysis) is 1. The molecule has 1 aromatic rings. The minimum atomic E-state index is -4.68. The molecule has 0 aromatic carbocycles. The minimum absolute atomic E-state index is 0.00734. The van der Waals surface area contributed by atoms with E-state index in [0.29, 0.717) is 0 Å². The third kappa shape index (κ3) is 4.98. The van der Waals surface area contributed by atoms with E-state index in [1.807, 2.05) is 0 Å². The van der Waals surface area contributed by atoms with Gasteiger partial charge in [0.15, 0.2) is 6.10 Å². The average molecular weight is 481 g/mol. The predicted molar refractivity (Wildman–Crippen MR) is 91.7 cm³/mol. The van der Waals surface area contributed by atoms with E-state index in [2.05, 4.69) is 15.0 Å². The number of amides is 1. The fourth-order valence-corrected chi connectivity index (χ4v) is 3.95. The van der Waals surface area contributed by atoms with Crippen molar-refractivity contribution in [1.82, 2.24) is 10.3 Å². The first-order valence-corrected chi connectivity index (χ1v) is 9.63. The SMILES string of the molecule is O=C(N[C@H](c1ccc(Cl)cn1)C1CC(F)CC(C(F)(F)F)C1)OC1CC(F)(F)C1(F)F. The minimum Gasteiger partial charge on any atom is -0.439 e. The molecule has 13 heteroatoms. The zero-order valence-electron chi connectivity index (χ0n) is 15.6. The highest BCUT2D eigenvalue weighted by Crippen LogP contribution is 2.52. The van der Waals surface area contributed by atoms with Gasteiger partial charge in [0.1, 0.15) is 6.17 Å². The highest BCUT2D eigenvalue weighted by molar-refractivity contribution is 6.30. The van der Waals surface area contributed by atoms with Gasteiger partial charge in [-0.15, -0.1) is 0 Å². The molecule has 0 spiro atoms. The predicted octanol–water partition coefficient (Wildman–Crippen LogP) is 5.86. The maximum absolute atomic E-state index is 14.1. The van der Waals surface area contributed by atoms with Crippen molar-refractivity contribution in [3.8, 4) is 0 Å². The Labute approximate surface area is 176 Å². The van der Waals surface area contributed by atoms with Crippen molar-refractivity contribution in [2.24, 2.45) is 11.8 Å². The smallest absolute Gasteiger partial charge is 0.408 e. The summed E-state index contributed by atoms with van der Waals surface area (Å²) in [5.41, 5.74) is -0.00734. The molecule has 174 valence electrons. The summed E-state index contributed by atoms with van der Waals surface area (Å²) >= 11 is 5.73. The molecule has 1 N–H and O–H groups in total. The number of hydrogen-bond acceptors (Lipinski definition) is 3. The van der Waals surface area contributed by atoms with Crippen LogP contribution in [0, 0.1) is 11.8 Å². The monoisotopic (exact) mass is 480 g/mol. The number of hydrogen-bond donors (Lipinski definition) is 1. The second-order valence-electron chi connectivity index (χ2n) is 7.75. The topological polar surface area (TPSA) is 51.2 Å². The van der Waals surface area contributed by atoms with Crippen molar-refractivity contribution in [1.29, 1.82) is 0 Å². The van der Waals surface area contributed by atoms with Gasteiger partial charge >= 0.3 is 24.1 Å². The number of halogens is 9. The summed E-state index contributed by atoms with van der Waals surface area (Å²) in [6.07, 6.45) is -12.4. The van der Waals surface area contributed by atoms with Crippen LogP contribution in [0.2, 0.25) is 5.02 Å². The van der Waals surface area contributed by atoms with E-state index in [0.717, 1.165) is 6.20 Å². The van der Waals surface area contributed by atoms with E-state index in [-0.39, 0.29) is 17.1 Å². The van der Waals surface area contributed by atoms with Crippen LogP contribution in [0.4, 0.5) is 39.9 Å². The van der Waals surface area contributed by atoms with Crippen molar-refractivity contribution in [2.45, 2.75) is 62.0 Å². The fraction of sp³-hybridized carbons (Fsp3) is 0.667. The number of alkyl halides is 8. The Hall–Kier alpha value is -1.85. The van der Waals surface area contributed by atoms with Gasteiger partial charge < -0.3 is 10.1 Å². The van der Waals surface area contributed by atoms with Crippen LogP contribution < -0.4 is 5.32 Å². The lowest BCUT2D eigenvalue weighted by Gasteiger charge is -2.43. The Morgan fingerprint density at radius 3 is 2.39 bits per heavy atom. The van der Waals surface area contributed by atoms with Crippen LogP contribution in [-0.4, -0.2) is 41.4 Å². The summed E-state index contributed by atoms with van der Waals surface area (Å²) in [6, 6.07) is 1.24. The van der Waals surface area contributed by atoms with E-state index < -0.39 is 73.5 Å². The van der Waals surface area contributed by atoms with Crippen LogP contribution in [-0.2, 0) is 4.74 Å². The first-order valence-electron chi connectivity index (χ1n) is 9.25. The number of rotatable bonds is 4. The maximum atomic E-state index is 14.1. The molecule has 31 heavy (non-hydrogen) atoms. The van der Waals surface area contributed by atoms with Crippen LogP contribution in [0.1, 0.15) is 37.4 Å². The van der Waals surface area contributed by atoms with Gasteiger partial charge in [-0.25, -0.2) is 9.18 Å². The maximum Gasteiger partial charge on any atom is 0.408 e. The van der Waals surface area contributed by atoms with Crippen molar-refractivity contribution < 1.29 is 44.7 Å². The summed E-state index contributed by atoms with van der Waals surface area (Å²) < 4.78 is 111. The molecule has 3 rings (SSSR count). The van der Waals surface area contributed by atoms with Crippen LogP contribution >= 0.6 is 11.6 Å². The van der Waals surface area contributed by atoms with E-state index >= 15 is 0 Å². The van der Waals surface area contributed by atoms with Gasteiger partial charge in [-0.3, -0.25) is 4.98 Å². The van der Waals surface area contributed by atoms with Gasteiger partial charge in [0.25, 0.3) is 0 Å². The number of carbonyl (C=O) groups excluding carboxylic acids is 1. The van der Waals surface area contributed by atoms with Crippen molar-refractivity contribution in [3.63, 3.8) is 0 Å². The van der Waals surface area contributed by atoms with E-state index in [9.17, 15) is 39.9 Å². The quantitative estimate of drug-likeness (QED) is 0.549. The normalized spacial score (nSPS) is 30.7. The molecular weight excluding hydrogens is 464 g/mol. The standard InChI is InChI=1S/C18H17ClF8N2O2/c19-10-1-2-12(28-7-10)14(8-3-9(18(25,26)27)5-11(20)4-8)29-15(30)31-13-6-16(21,22)17(13,23)24/h1-2,7-9,11,13-14H,3-6H2,(H,29,30)/t8?,9?,11?,13?,14-/m0/s1. The summed E-state index contributed by atoms with van der Waals surface area (Å²) in [5.74, 6) is -12.0.